The molecule has 0 aromatic carbocycles. The zero-order valence-corrected chi connectivity index (χ0v) is 6.20. The summed E-state index contributed by atoms with van der Waals surface area (Å²) in [5, 5.41) is 7.21. The van der Waals surface area contributed by atoms with E-state index in [1.165, 1.54) is 0 Å². The maximum atomic E-state index is 5.56. The minimum atomic E-state index is 0.328. The number of anilines is 1. The lowest BCUT2D eigenvalue weighted by atomic mass is 10.2. The van der Waals surface area contributed by atoms with Gasteiger partial charge in [-0.1, -0.05) is 0 Å². The normalized spacial score (nSPS) is 22.5. The Morgan fingerprint density at radius 3 is 3.55 bits per heavy atom. The highest BCUT2D eigenvalue weighted by atomic mass is 15.4. The summed E-state index contributed by atoms with van der Waals surface area (Å²) < 4.78 is 1.85. The SMILES string of the molecule is NCC1CCNc2ncnn21. The van der Waals surface area contributed by atoms with Crippen molar-refractivity contribution in [2.75, 3.05) is 18.4 Å². The predicted molar refractivity (Wildman–Crippen MR) is 41.2 cm³/mol. The van der Waals surface area contributed by atoms with Crippen molar-refractivity contribution < 1.29 is 0 Å². The molecule has 0 radical (unpaired) electrons. The highest BCUT2D eigenvalue weighted by Gasteiger charge is 2.18. The molecule has 1 atom stereocenters. The Kier molecular flexibility index (Phi) is 1.50. The third-order valence-corrected chi connectivity index (χ3v) is 1.95. The van der Waals surface area contributed by atoms with Gasteiger partial charge in [-0.15, -0.1) is 0 Å². The van der Waals surface area contributed by atoms with Crippen molar-refractivity contribution in [2.45, 2.75) is 12.5 Å². The van der Waals surface area contributed by atoms with Gasteiger partial charge in [-0.3, -0.25) is 0 Å². The second kappa shape index (κ2) is 2.50. The van der Waals surface area contributed by atoms with E-state index in [-0.39, 0.29) is 0 Å². The molecule has 1 unspecified atom stereocenters. The van der Waals surface area contributed by atoms with Crippen molar-refractivity contribution in [3.05, 3.63) is 6.33 Å². The molecule has 5 heteroatoms. The molecule has 3 N–H and O–H groups in total. The quantitative estimate of drug-likeness (QED) is 0.575. The van der Waals surface area contributed by atoms with Gasteiger partial charge in [0.15, 0.2) is 0 Å². The number of fused-ring (bicyclic) bond motifs is 1. The Balaban J connectivity index is 2.32. The Bertz CT molecular complexity index is 243. The number of nitrogens with one attached hydrogen (secondary N) is 1. The second-order valence-corrected chi connectivity index (χ2v) is 2.63. The first-order valence-electron chi connectivity index (χ1n) is 3.75. The first-order valence-corrected chi connectivity index (χ1v) is 3.75. The number of aromatic nitrogens is 3. The fourth-order valence-electron chi connectivity index (χ4n) is 1.33. The molecule has 0 fully saturated rings. The van der Waals surface area contributed by atoms with Crippen molar-refractivity contribution in [3.8, 4) is 0 Å². The Morgan fingerprint density at radius 2 is 2.73 bits per heavy atom. The van der Waals surface area contributed by atoms with Crippen LogP contribution < -0.4 is 11.1 Å². The van der Waals surface area contributed by atoms with Crippen LogP contribution in [0.15, 0.2) is 6.33 Å². The zero-order valence-electron chi connectivity index (χ0n) is 6.20. The monoisotopic (exact) mass is 153 g/mol. The molecule has 0 saturated carbocycles. The third-order valence-electron chi connectivity index (χ3n) is 1.95. The summed E-state index contributed by atoms with van der Waals surface area (Å²) in [7, 11) is 0. The molecule has 2 rings (SSSR count). The highest BCUT2D eigenvalue weighted by molar-refractivity contribution is 5.25. The zero-order chi connectivity index (χ0) is 7.68. The predicted octanol–water partition coefficient (Wildman–Crippen LogP) is -0.407. The first kappa shape index (κ1) is 6.60. The van der Waals surface area contributed by atoms with E-state index in [9.17, 15) is 0 Å². The Labute approximate surface area is 64.6 Å². The summed E-state index contributed by atoms with van der Waals surface area (Å²) in [6.07, 6.45) is 2.59. The summed E-state index contributed by atoms with van der Waals surface area (Å²) >= 11 is 0. The summed E-state index contributed by atoms with van der Waals surface area (Å²) in [6.45, 7) is 1.58. The van der Waals surface area contributed by atoms with Crippen molar-refractivity contribution >= 4 is 5.95 Å². The van der Waals surface area contributed by atoms with E-state index >= 15 is 0 Å². The van der Waals surface area contributed by atoms with Crippen LogP contribution in [0.25, 0.3) is 0 Å². The Hall–Kier alpha value is -1.10. The van der Waals surface area contributed by atoms with Crippen molar-refractivity contribution in [1.29, 1.82) is 0 Å². The van der Waals surface area contributed by atoms with Crippen LogP contribution in [-0.4, -0.2) is 27.9 Å². The number of hydrogen-bond donors (Lipinski definition) is 2. The minimum Gasteiger partial charge on any atom is -0.354 e. The molecule has 1 aromatic heterocycles. The number of nitrogens with two attached hydrogens (primary N) is 1. The molecule has 0 aliphatic carbocycles. The van der Waals surface area contributed by atoms with Crippen LogP contribution in [0.2, 0.25) is 0 Å². The van der Waals surface area contributed by atoms with Gasteiger partial charge in [-0.05, 0) is 6.42 Å². The molecular weight excluding hydrogens is 142 g/mol. The minimum absolute atomic E-state index is 0.328. The molecule has 0 saturated heterocycles. The molecule has 0 amide bonds. The summed E-state index contributed by atoms with van der Waals surface area (Å²) in [4.78, 5) is 4.04. The molecule has 11 heavy (non-hydrogen) atoms. The van der Waals surface area contributed by atoms with E-state index in [1.807, 2.05) is 4.68 Å². The van der Waals surface area contributed by atoms with Crippen LogP contribution in [0.4, 0.5) is 5.95 Å². The Morgan fingerprint density at radius 1 is 1.82 bits per heavy atom. The smallest absolute Gasteiger partial charge is 0.221 e. The average molecular weight is 153 g/mol. The van der Waals surface area contributed by atoms with Crippen LogP contribution in [0, 0.1) is 0 Å². The molecule has 60 valence electrons. The first-order chi connectivity index (χ1) is 5.42. The van der Waals surface area contributed by atoms with Crippen molar-refractivity contribution in [2.24, 2.45) is 5.73 Å². The number of hydrogen-bond acceptors (Lipinski definition) is 4. The molecule has 1 aliphatic heterocycles. The lowest BCUT2D eigenvalue weighted by molar-refractivity contribution is 0.426. The van der Waals surface area contributed by atoms with Crippen LogP contribution in [-0.2, 0) is 0 Å². The van der Waals surface area contributed by atoms with Gasteiger partial charge in [0.1, 0.15) is 6.33 Å². The van der Waals surface area contributed by atoms with E-state index < -0.39 is 0 Å². The molecule has 5 nitrogen and oxygen atoms in total. The number of nitrogens with zero attached hydrogens (tertiary/aromatic N) is 3. The van der Waals surface area contributed by atoms with Gasteiger partial charge < -0.3 is 11.1 Å². The molecule has 2 heterocycles. The largest absolute Gasteiger partial charge is 0.354 e. The van der Waals surface area contributed by atoms with Gasteiger partial charge in [-0.2, -0.15) is 10.1 Å². The fourth-order valence-corrected chi connectivity index (χ4v) is 1.33. The summed E-state index contributed by atoms with van der Waals surface area (Å²) in [5.74, 6) is 0.840. The van der Waals surface area contributed by atoms with Crippen LogP contribution in [0.1, 0.15) is 12.5 Å². The summed E-state index contributed by atoms with van der Waals surface area (Å²) in [5.41, 5.74) is 5.56. The fraction of sp³-hybridized carbons (Fsp3) is 0.667. The van der Waals surface area contributed by atoms with Gasteiger partial charge in [0.05, 0.1) is 6.04 Å². The van der Waals surface area contributed by atoms with Gasteiger partial charge in [0, 0.05) is 13.1 Å². The van der Waals surface area contributed by atoms with Crippen molar-refractivity contribution in [3.63, 3.8) is 0 Å². The maximum absolute atomic E-state index is 5.56. The van der Waals surface area contributed by atoms with E-state index in [2.05, 4.69) is 15.4 Å². The van der Waals surface area contributed by atoms with Crippen molar-refractivity contribution in [1.82, 2.24) is 14.8 Å². The molecule has 0 bridgehead atoms. The highest BCUT2D eigenvalue weighted by Crippen LogP contribution is 2.18. The molecule has 1 aliphatic rings. The average Bonchev–Trinajstić information content (AvgIpc) is 2.50. The standard InChI is InChI=1S/C6H11N5/c7-3-5-1-2-8-6-9-4-10-11(5)6/h4-5H,1-3,7H2,(H,8,9,10). The molecular formula is C6H11N5. The van der Waals surface area contributed by atoms with E-state index in [0.29, 0.717) is 12.6 Å². The van der Waals surface area contributed by atoms with Gasteiger partial charge in [0.2, 0.25) is 5.95 Å². The summed E-state index contributed by atoms with van der Waals surface area (Å²) in [6, 6.07) is 0.328. The van der Waals surface area contributed by atoms with E-state index in [4.69, 9.17) is 5.73 Å². The van der Waals surface area contributed by atoms with Gasteiger partial charge in [0.25, 0.3) is 0 Å². The topological polar surface area (TPSA) is 68.8 Å². The van der Waals surface area contributed by atoms with E-state index in [0.717, 1.165) is 18.9 Å². The molecule has 1 aromatic rings. The lowest BCUT2D eigenvalue weighted by Crippen LogP contribution is -2.29. The van der Waals surface area contributed by atoms with E-state index in [1.54, 1.807) is 6.33 Å². The second-order valence-electron chi connectivity index (χ2n) is 2.63. The maximum Gasteiger partial charge on any atom is 0.221 e. The molecule has 0 spiro atoms. The van der Waals surface area contributed by atoms with Crippen LogP contribution in [0.3, 0.4) is 0 Å². The lowest BCUT2D eigenvalue weighted by Gasteiger charge is -2.22. The van der Waals surface area contributed by atoms with Crippen LogP contribution >= 0.6 is 0 Å². The third kappa shape index (κ3) is 0.970. The number of rotatable bonds is 1. The van der Waals surface area contributed by atoms with Gasteiger partial charge in [-0.25, -0.2) is 4.68 Å². The van der Waals surface area contributed by atoms with Crippen LogP contribution in [0.5, 0.6) is 0 Å². The van der Waals surface area contributed by atoms with Gasteiger partial charge >= 0.3 is 0 Å².